The predicted octanol–water partition coefficient (Wildman–Crippen LogP) is 6.13. The standard InChI is InChI=1S/C22H18O/c1-4-9-18-15(6-1)11-12-19-17-8-3-2-7-16(17)14-20(22(18)19)21-10-5-13-23-21/h2-3,5,7-8,10-14H,1,4,6,9H2. The highest BCUT2D eigenvalue weighted by Gasteiger charge is 2.18. The van der Waals surface area contributed by atoms with Crippen LogP contribution in [0, 0.1) is 0 Å². The minimum absolute atomic E-state index is 0.972. The molecule has 1 aliphatic rings. The Balaban J connectivity index is 1.99. The van der Waals surface area contributed by atoms with Crippen molar-refractivity contribution in [3.63, 3.8) is 0 Å². The largest absolute Gasteiger partial charge is 0.464 e. The zero-order valence-electron chi connectivity index (χ0n) is 13.0. The Morgan fingerprint density at radius 3 is 2.61 bits per heavy atom. The number of rotatable bonds is 1. The van der Waals surface area contributed by atoms with Crippen molar-refractivity contribution < 1.29 is 4.42 Å². The van der Waals surface area contributed by atoms with E-state index in [9.17, 15) is 0 Å². The Morgan fingerprint density at radius 1 is 0.783 bits per heavy atom. The van der Waals surface area contributed by atoms with Crippen LogP contribution in [0.4, 0.5) is 0 Å². The predicted molar refractivity (Wildman–Crippen MR) is 95.8 cm³/mol. The highest BCUT2D eigenvalue weighted by atomic mass is 16.3. The Kier molecular flexibility index (Phi) is 2.81. The lowest BCUT2D eigenvalue weighted by Gasteiger charge is -2.20. The third-order valence-electron chi connectivity index (χ3n) is 5.14. The second-order valence-electron chi connectivity index (χ2n) is 6.46. The van der Waals surface area contributed by atoms with E-state index in [1.807, 2.05) is 6.07 Å². The average Bonchev–Trinajstić information content (AvgIpc) is 3.15. The van der Waals surface area contributed by atoms with Gasteiger partial charge in [0.05, 0.1) is 6.26 Å². The van der Waals surface area contributed by atoms with Crippen molar-refractivity contribution in [2.75, 3.05) is 0 Å². The van der Waals surface area contributed by atoms with Crippen LogP contribution < -0.4 is 0 Å². The first kappa shape index (κ1) is 13.0. The quantitative estimate of drug-likeness (QED) is 0.385. The Bertz CT molecular complexity index is 1010. The molecular weight excluding hydrogens is 280 g/mol. The molecule has 0 radical (unpaired) electrons. The van der Waals surface area contributed by atoms with Crippen LogP contribution in [0.3, 0.4) is 0 Å². The lowest BCUT2D eigenvalue weighted by molar-refractivity contribution is 0.583. The topological polar surface area (TPSA) is 13.1 Å². The first-order valence-electron chi connectivity index (χ1n) is 8.42. The maximum Gasteiger partial charge on any atom is 0.134 e. The third kappa shape index (κ3) is 1.93. The van der Waals surface area contributed by atoms with Crippen LogP contribution >= 0.6 is 0 Å². The zero-order valence-corrected chi connectivity index (χ0v) is 13.0. The minimum Gasteiger partial charge on any atom is -0.464 e. The summed E-state index contributed by atoms with van der Waals surface area (Å²) in [6.45, 7) is 0. The second-order valence-corrected chi connectivity index (χ2v) is 6.46. The van der Waals surface area contributed by atoms with Crippen molar-refractivity contribution in [2.45, 2.75) is 25.7 Å². The van der Waals surface area contributed by atoms with E-state index in [0.717, 1.165) is 5.76 Å². The number of benzene rings is 3. The molecule has 3 aromatic carbocycles. The molecule has 0 saturated carbocycles. The molecule has 1 heterocycles. The van der Waals surface area contributed by atoms with E-state index in [1.165, 1.54) is 63.9 Å². The molecular formula is C22H18O. The first-order chi connectivity index (χ1) is 11.4. The van der Waals surface area contributed by atoms with Crippen LogP contribution in [0.1, 0.15) is 24.0 Å². The van der Waals surface area contributed by atoms with Gasteiger partial charge < -0.3 is 4.42 Å². The molecule has 1 heteroatoms. The third-order valence-corrected chi connectivity index (χ3v) is 5.14. The molecule has 0 bridgehead atoms. The van der Waals surface area contributed by atoms with Crippen molar-refractivity contribution in [1.82, 2.24) is 0 Å². The number of fused-ring (bicyclic) bond motifs is 5. The normalized spacial score (nSPS) is 14.3. The van der Waals surface area contributed by atoms with Crippen LogP contribution in [0.15, 0.2) is 65.3 Å². The van der Waals surface area contributed by atoms with Crippen molar-refractivity contribution in [1.29, 1.82) is 0 Å². The summed E-state index contributed by atoms with van der Waals surface area (Å²) in [7, 11) is 0. The van der Waals surface area contributed by atoms with Gasteiger partial charge in [0.25, 0.3) is 0 Å². The minimum atomic E-state index is 0.972. The maximum atomic E-state index is 5.77. The van der Waals surface area contributed by atoms with Gasteiger partial charge in [-0.25, -0.2) is 0 Å². The molecule has 1 aromatic heterocycles. The highest BCUT2D eigenvalue weighted by Crippen LogP contribution is 2.40. The van der Waals surface area contributed by atoms with Gasteiger partial charge in [-0.2, -0.15) is 0 Å². The van der Waals surface area contributed by atoms with E-state index in [-0.39, 0.29) is 0 Å². The van der Waals surface area contributed by atoms with Crippen molar-refractivity contribution in [3.05, 3.63) is 72.0 Å². The van der Waals surface area contributed by atoms with Gasteiger partial charge in [0, 0.05) is 5.56 Å². The van der Waals surface area contributed by atoms with Crippen LogP contribution in [-0.2, 0) is 12.8 Å². The van der Waals surface area contributed by atoms with Crippen LogP contribution in [0.2, 0.25) is 0 Å². The van der Waals surface area contributed by atoms with Gasteiger partial charge in [-0.3, -0.25) is 0 Å². The lowest BCUT2D eigenvalue weighted by atomic mass is 9.84. The summed E-state index contributed by atoms with van der Waals surface area (Å²) in [4.78, 5) is 0. The monoisotopic (exact) mass is 298 g/mol. The van der Waals surface area contributed by atoms with E-state index in [0.29, 0.717) is 0 Å². The fourth-order valence-corrected chi connectivity index (χ4v) is 4.08. The summed E-state index contributed by atoms with van der Waals surface area (Å²) in [5.41, 5.74) is 4.29. The van der Waals surface area contributed by atoms with Crippen molar-refractivity contribution >= 4 is 21.5 Å². The lowest BCUT2D eigenvalue weighted by Crippen LogP contribution is -2.04. The average molecular weight is 298 g/mol. The molecule has 0 spiro atoms. The van der Waals surface area contributed by atoms with E-state index in [1.54, 1.807) is 6.26 Å². The van der Waals surface area contributed by atoms with Crippen LogP contribution in [0.5, 0.6) is 0 Å². The molecule has 23 heavy (non-hydrogen) atoms. The molecule has 5 rings (SSSR count). The van der Waals surface area contributed by atoms with Crippen LogP contribution in [0.25, 0.3) is 32.9 Å². The Labute approximate surface area is 135 Å². The van der Waals surface area contributed by atoms with Gasteiger partial charge in [0.1, 0.15) is 5.76 Å². The van der Waals surface area contributed by atoms with E-state index < -0.39 is 0 Å². The van der Waals surface area contributed by atoms with Crippen LogP contribution in [-0.4, -0.2) is 0 Å². The fraction of sp³-hybridized carbons (Fsp3) is 0.182. The van der Waals surface area contributed by atoms with Gasteiger partial charge in [-0.05, 0) is 76.6 Å². The molecule has 0 unspecified atom stereocenters. The molecule has 0 amide bonds. The van der Waals surface area contributed by atoms with Gasteiger partial charge in [0.2, 0.25) is 0 Å². The maximum absolute atomic E-state index is 5.77. The SMILES string of the molecule is c1coc(-c2cc3ccccc3c3ccc4c(c23)CCCC4)c1. The summed E-state index contributed by atoms with van der Waals surface area (Å²) in [6.07, 6.45) is 6.75. The first-order valence-corrected chi connectivity index (χ1v) is 8.42. The van der Waals surface area contributed by atoms with Crippen molar-refractivity contribution in [3.8, 4) is 11.3 Å². The molecule has 0 fully saturated rings. The molecule has 0 N–H and O–H groups in total. The smallest absolute Gasteiger partial charge is 0.134 e. The Morgan fingerprint density at radius 2 is 1.70 bits per heavy atom. The van der Waals surface area contributed by atoms with Gasteiger partial charge in [-0.1, -0.05) is 36.4 Å². The number of furan rings is 1. The summed E-state index contributed by atoms with van der Waals surface area (Å²) in [5, 5.41) is 5.37. The highest BCUT2D eigenvalue weighted by molar-refractivity contribution is 6.14. The van der Waals surface area contributed by atoms with Gasteiger partial charge >= 0.3 is 0 Å². The zero-order chi connectivity index (χ0) is 15.2. The number of hydrogen-bond donors (Lipinski definition) is 0. The summed E-state index contributed by atoms with van der Waals surface area (Å²) in [5.74, 6) is 0.972. The van der Waals surface area contributed by atoms with E-state index in [4.69, 9.17) is 4.42 Å². The number of aryl methyl sites for hydroxylation is 2. The molecule has 0 aliphatic heterocycles. The molecule has 1 nitrogen and oxygen atoms in total. The van der Waals surface area contributed by atoms with Crippen molar-refractivity contribution in [2.24, 2.45) is 0 Å². The summed E-state index contributed by atoms with van der Waals surface area (Å²) >= 11 is 0. The summed E-state index contributed by atoms with van der Waals surface area (Å²) in [6, 6.07) is 19.7. The van der Waals surface area contributed by atoms with E-state index >= 15 is 0 Å². The summed E-state index contributed by atoms with van der Waals surface area (Å²) < 4.78 is 5.77. The molecule has 4 aromatic rings. The number of hydrogen-bond acceptors (Lipinski definition) is 1. The molecule has 0 atom stereocenters. The molecule has 1 aliphatic carbocycles. The molecule has 112 valence electrons. The Hall–Kier alpha value is -2.54. The van der Waals surface area contributed by atoms with Gasteiger partial charge in [0.15, 0.2) is 0 Å². The second kappa shape index (κ2) is 4.99. The fourth-order valence-electron chi connectivity index (χ4n) is 4.08. The van der Waals surface area contributed by atoms with E-state index in [2.05, 4.69) is 48.5 Å². The van der Waals surface area contributed by atoms with Gasteiger partial charge in [-0.15, -0.1) is 0 Å². The molecule has 0 saturated heterocycles.